The number of amides is 2. The number of aromatic nitrogens is 3. The molecule has 1 N–H and O–H groups in total. The van der Waals surface area contributed by atoms with Crippen LogP contribution in [0, 0.1) is 6.92 Å². The van der Waals surface area contributed by atoms with Crippen molar-refractivity contribution >= 4 is 46.4 Å². The molecule has 4 aromatic rings. The average Bonchev–Trinajstić information content (AvgIpc) is 3.49. The Morgan fingerprint density at radius 2 is 1.79 bits per heavy atom. The minimum absolute atomic E-state index is 0.178. The summed E-state index contributed by atoms with van der Waals surface area (Å²) >= 11 is 12.7. The van der Waals surface area contributed by atoms with Crippen molar-refractivity contribution in [2.75, 3.05) is 17.3 Å². The van der Waals surface area contributed by atoms with Crippen LogP contribution in [0.4, 0.5) is 11.4 Å². The quantitative estimate of drug-likeness (QED) is 0.338. The minimum Gasteiger partial charge on any atom is -0.496 e. The van der Waals surface area contributed by atoms with E-state index in [0.717, 1.165) is 5.56 Å². The van der Waals surface area contributed by atoms with Crippen LogP contribution in [0.5, 0.6) is 5.75 Å². The summed E-state index contributed by atoms with van der Waals surface area (Å²) in [4.78, 5) is 39.3. The van der Waals surface area contributed by atoms with Gasteiger partial charge in [0.1, 0.15) is 11.6 Å². The molecule has 0 unspecified atom stereocenters. The molecule has 0 fully saturated rings. The summed E-state index contributed by atoms with van der Waals surface area (Å²) in [5, 5.41) is 3.89. The zero-order valence-corrected chi connectivity index (χ0v) is 22.6. The monoisotopic (exact) mass is 547 g/mol. The molecule has 6 rings (SSSR count). The lowest BCUT2D eigenvalue weighted by molar-refractivity contribution is -0.119. The third kappa shape index (κ3) is 3.17. The second-order valence-electron chi connectivity index (χ2n) is 9.60. The summed E-state index contributed by atoms with van der Waals surface area (Å²) in [5.74, 6) is 0.248. The van der Waals surface area contributed by atoms with Crippen molar-refractivity contribution in [2.45, 2.75) is 32.4 Å². The van der Waals surface area contributed by atoms with E-state index >= 15 is 0 Å². The minimum atomic E-state index is -1.55. The smallest absolute Gasteiger partial charge is 0.280 e. The molecule has 1 atom stereocenters. The van der Waals surface area contributed by atoms with Crippen LogP contribution in [0.2, 0.25) is 10.0 Å². The van der Waals surface area contributed by atoms with Crippen molar-refractivity contribution in [2.24, 2.45) is 0 Å². The highest BCUT2D eigenvalue weighted by molar-refractivity contribution is 6.32. The van der Waals surface area contributed by atoms with Gasteiger partial charge in [-0.2, -0.15) is 0 Å². The molecular weight excluding hydrogens is 525 g/mol. The molecule has 2 aliphatic heterocycles. The number of rotatable bonds is 4. The maximum atomic E-state index is 14.4. The Kier molecular flexibility index (Phi) is 5.52. The molecule has 8 nitrogen and oxygen atoms in total. The molecule has 2 aromatic heterocycles. The summed E-state index contributed by atoms with van der Waals surface area (Å²) in [6, 6.07) is 12.0. The van der Waals surface area contributed by atoms with Gasteiger partial charge in [0.2, 0.25) is 0 Å². The first-order valence-electron chi connectivity index (χ1n) is 12.0. The van der Waals surface area contributed by atoms with Crippen molar-refractivity contribution in [1.29, 1.82) is 0 Å². The Morgan fingerprint density at radius 3 is 2.53 bits per heavy atom. The van der Waals surface area contributed by atoms with Crippen molar-refractivity contribution < 1.29 is 14.3 Å². The van der Waals surface area contributed by atoms with E-state index < -0.39 is 11.4 Å². The van der Waals surface area contributed by atoms with Gasteiger partial charge in [0, 0.05) is 39.7 Å². The number of ether oxygens (including phenoxy) is 1. The van der Waals surface area contributed by atoms with Gasteiger partial charge >= 0.3 is 0 Å². The van der Waals surface area contributed by atoms with E-state index in [0.29, 0.717) is 49.8 Å². The maximum absolute atomic E-state index is 14.4. The zero-order chi connectivity index (χ0) is 26.9. The standard InChI is InChI=1S/C28H23Cl2N5O3/c1-14(2)34-24-23(33-25(34)18-13-31-10-9-22(18)38-4)26(36)35(21-12-17(30)6-5-15(21)3)28(24)19-8-7-16(29)11-20(19)32-27(28)37/h5-14H,1-4H3,(H,32,37)/t28-/m0/s1. The van der Waals surface area contributed by atoms with Gasteiger partial charge in [-0.1, -0.05) is 35.3 Å². The first-order valence-corrected chi connectivity index (χ1v) is 12.8. The van der Waals surface area contributed by atoms with Crippen LogP contribution in [0.1, 0.15) is 47.2 Å². The van der Waals surface area contributed by atoms with Crippen LogP contribution in [0.15, 0.2) is 54.9 Å². The lowest BCUT2D eigenvalue weighted by atomic mass is 9.86. The van der Waals surface area contributed by atoms with Gasteiger partial charge in [0.25, 0.3) is 11.8 Å². The van der Waals surface area contributed by atoms with Gasteiger partial charge in [-0.25, -0.2) is 4.98 Å². The predicted molar refractivity (Wildman–Crippen MR) is 146 cm³/mol. The van der Waals surface area contributed by atoms with E-state index in [9.17, 15) is 9.59 Å². The lowest BCUT2D eigenvalue weighted by Crippen LogP contribution is -2.51. The largest absolute Gasteiger partial charge is 0.496 e. The highest BCUT2D eigenvalue weighted by Crippen LogP contribution is 2.55. The number of hydrogen-bond acceptors (Lipinski definition) is 5. The number of hydrogen-bond donors (Lipinski definition) is 1. The Balaban J connectivity index is 1.75. The molecule has 2 amide bonds. The van der Waals surface area contributed by atoms with E-state index in [-0.39, 0.29) is 17.6 Å². The SMILES string of the molecule is COc1ccncc1-c1nc2c(n1C(C)C)[C@@]1(C(=O)Nc3cc(Cl)ccc31)N(c1cc(Cl)ccc1C)C2=O. The number of halogens is 2. The number of benzene rings is 2. The topological polar surface area (TPSA) is 89.3 Å². The summed E-state index contributed by atoms with van der Waals surface area (Å²) in [6.45, 7) is 5.84. The Morgan fingerprint density at radius 1 is 1.05 bits per heavy atom. The van der Waals surface area contributed by atoms with Crippen LogP contribution in [-0.2, 0) is 10.3 Å². The number of fused-ring (bicyclic) bond motifs is 4. The van der Waals surface area contributed by atoms with Crippen LogP contribution in [0.25, 0.3) is 11.4 Å². The summed E-state index contributed by atoms with van der Waals surface area (Å²) in [5.41, 5.74) is 2.15. The molecule has 10 heteroatoms. The molecule has 4 heterocycles. The van der Waals surface area contributed by atoms with Crippen LogP contribution in [-0.4, -0.2) is 33.5 Å². The molecule has 0 aliphatic carbocycles. The molecule has 0 saturated heterocycles. The molecule has 0 saturated carbocycles. The normalized spacial score (nSPS) is 17.8. The van der Waals surface area contributed by atoms with E-state index in [1.54, 1.807) is 55.9 Å². The Hall–Kier alpha value is -3.88. The number of pyridine rings is 1. The number of carbonyl (C=O) groups is 2. The number of methoxy groups -OCH3 is 1. The fourth-order valence-electron chi connectivity index (χ4n) is 5.55. The molecule has 0 radical (unpaired) electrons. The first-order chi connectivity index (χ1) is 18.2. The van der Waals surface area contributed by atoms with Crippen molar-refractivity contribution in [3.63, 3.8) is 0 Å². The molecule has 38 heavy (non-hydrogen) atoms. The second-order valence-corrected chi connectivity index (χ2v) is 10.5. The number of carbonyl (C=O) groups excluding carboxylic acids is 2. The van der Waals surface area contributed by atoms with E-state index in [1.807, 2.05) is 31.4 Å². The maximum Gasteiger partial charge on any atom is 0.280 e. The average molecular weight is 548 g/mol. The third-order valence-electron chi connectivity index (χ3n) is 7.11. The van der Waals surface area contributed by atoms with Crippen molar-refractivity contribution in [3.05, 3.63) is 87.4 Å². The van der Waals surface area contributed by atoms with Gasteiger partial charge in [-0.15, -0.1) is 0 Å². The molecule has 0 bridgehead atoms. The van der Waals surface area contributed by atoms with E-state index in [1.165, 1.54) is 4.90 Å². The highest BCUT2D eigenvalue weighted by Gasteiger charge is 2.64. The van der Waals surface area contributed by atoms with Crippen LogP contribution < -0.4 is 15.0 Å². The number of nitrogens with one attached hydrogen (secondary N) is 1. The van der Waals surface area contributed by atoms with Gasteiger partial charge in [-0.05, 0) is 56.7 Å². The molecule has 2 aliphatic rings. The number of nitrogens with zero attached hydrogens (tertiary/aromatic N) is 4. The van der Waals surface area contributed by atoms with Crippen molar-refractivity contribution in [3.8, 4) is 17.1 Å². The highest BCUT2D eigenvalue weighted by atomic mass is 35.5. The second kappa shape index (κ2) is 8.58. The number of imidazole rings is 1. The first kappa shape index (κ1) is 24.5. The fourth-order valence-corrected chi connectivity index (χ4v) is 5.89. The molecule has 2 aromatic carbocycles. The van der Waals surface area contributed by atoms with Gasteiger partial charge in [0.15, 0.2) is 11.2 Å². The zero-order valence-electron chi connectivity index (χ0n) is 21.0. The Labute approximate surface area is 229 Å². The summed E-state index contributed by atoms with van der Waals surface area (Å²) in [7, 11) is 1.57. The fraction of sp³-hybridized carbons (Fsp3) is 0.214. The lowest BCUT2D eigenvalue weighted by Gasteiger charge is -2.36. The van der Waals surface area contributed by atoms with Gasteiger partial charge in [0.05, 0.1) is 24.1 Å². The number of anilines is 2. The van der Waals surface area contributed by atoms with E-state index in [2.05, 4.69) is 10.3 Å². The van der Waals surface area contributed by atoms with Gasteiger partial charge in [-0.3, -0.25) is 19.5 Å². The number of aryl methyl sites for hydroxylation is 1. The van der Waals surface area contributed by atoms with Crippen LogP contribution in [0.3, 0.4) is 0 Å². The Bertz CT molecular complexity index is 1660. The van der Waals surface area contributed by atoms with Gasteiger partial charge < -0.3 is 14.6 Å². The molecular formula is C28H23Cl2N5O3. The molecule has 1 spiro atoms. The van der Waals surface area contributed by atoms with Crippen LogP contribution >= 0.6 is 23.2 Å². The molecule has 192 valence electrons. The predicted octanol–water partition coefficient (Wildman–Crippen LogP) is 6.01. The van der Waals surface area contributed by atoms with E-state index in [4.69, 9.17) is 32.9 Å². The summed E-state index contributed by atoms with van der Waals surface area (Å²) in [6.07, 6.45) is 3.27. The summed E-state index contributed by atoms with van der Waals surface area (Å²) < 4.78 is 7.52. The third-order valence-corrected chi connectivity index (χ3v) is 7.58. The van der Waals surface area contributed by atoms with Crippen molar-refractivity contribution in [1.82, 2.24) is 14.5 Å².